The molecular weight excluding hydrogens is 776 g/mol. The van der Waals surface area contributed by atoms with E-state index < -0.39 is 9.85 Å². The Kier molecular flexibility index (Phi) is 32.3. The van der Waals surface area contributed by atoms with E-state index in [9.17, 15) is 25.3 Å². The molecular formula is C31H34BrK2N5O11. The maximum Gasteiger partial charge on any atom is 1.00 e. The molecule has 50 heavy (non-hydrogen) atoms. The second-order valence-corrected chi connectivity index (χ2v) is 9.22. The monoisotopic (exact) mass is 809 g/mol. The first-order valence-electron chi connectivity index (χ1n) is 13.6. The number of carbonyl (C=O) groups is 1. The molecule has 0 spiro atoms. The van der Waals surface area contributed by atoms with Crippen molar-refractivity contribution >= 4 is 34.0 Å². The van der Waals surface area contributed by atoms with Crippen molar-refractivity contribution in [3.63, 3.8) is 0 Å². The van der Waals surface area contributed by atoms with Crippen molar-refractivity contribution in [2.24, 2.45) is 0 Å². The summed E-state index contributed by atoms with van der Waals surface area (Å²) in [6.07, 6.45) is 4.55. The van der Waals surface area contributed by atoms with Crippen LogP contribution in [0.1, 0.15) is 33.3 Å². The quantitative estimate of drug-likeness (QED) is 0.0780. The summed E-state index contributed by atoms with van der Waals surface area (Å²) in [6.45, 7) is 5.34. The maximum atomic E-state index is 10.9. The zero-order chi connectivity index (χ0) is 36.5. The van der Waals surface area contributed by atoms with Crippen LogP contribution in [0.3, 0.4) is 0 Å². The number of aromatic nitrogens is 2. The number of pyridine rings is 2. The van der Waals surface area contributed by atoms with E-state index in [0.29, 0.717) is 21.7 Å². The zero-order valence-corrected chi connectivity index (χ0v) is 36.4. The smallest absolute Gasteiger partial charge is 1.00 e. The third-order valence-corrected chi connectivity index (χ3v) is 6.00. The summed E-state index contributed by atoms with van der Waals surface area (Å²) < 4.78 is 16.1. The first-order valence-corrected chi connectivity index (χ1v) is 14.3. The number of nitriles is 1. The first-order chi connectivity index (χ1) is 23.0. The van der Waals surface area contributed by atoms with E-state index in [1.54, 1.807) is 43.5 Å². The van der Waals surface area contributed by atoms with Gasteiger partial charge in [-0.25, -0.2) is 0 Å². The van der Waals surface area contributed by atoms with Gasteiger partial charge in [0.05, 0.1) is 20.3 Å². The summed E-state index contributed by atoms with van der Waals surface area (Å²) in [5.74, 6) is 1.30. The molecule has 0 saturated heterocycles. The van der Waals surface area contributed by atoms with Crippen LogP contribution < -0.4 is 122 Å². The van der Waals surface area contributed by atoms with Gasteiger partial charge in [0.15, 0.2) is 23.0 Å². The van der Waals surface area contributed by atoms with Crippen molar-refractivity contribution in [3.8, 4) is 34.8 Å². The Labute approximate surface area is 383 Å². The Balaban J connectivity index is -0.000000306. The number of carbonyl (C=O) groups excluding carboxylic acids is 1. The number of benzene rings is 2. The maximum absolute atomic E-state index is 10.9. The molecule has 0 fully saturated rings. The molecule has 0 bridgehead atoms. The SMILES string of the molecule is CC#N.CCc1ccc(O)c(OC)c1.CCc1ccc(Oc2cccnc2[N+](=O)[O-])c(OC)c1.O=CO[O-].O=[N+]([O-])c1ncccc1Br.[H-].[K+].[K+]. The van der Waals surface area contributed by atoms with Gasteiger partial charge in [-0.15, -0.1) is 0 Å². The van der Waals surface area contributed by atoms with Gasteiger partial charge in [0, 0.05) is 6.92 Å². The van der Waals surface area contributed by atoms with Crippen molar-refractivity contribution in [3.05, 3.63) is 109 Å². The number of ether oxygens (including phenoxy) is 3. The molecule has 0 atom stereocenters. The van der Waals surface area contributed by atoms with Gasteiger partial charge in [-0.3, -0.25) is 4.79 Å². The molecule has 1 N–H and O–H groups in total. The van der Waals surface area contributed by atoms with E-state index in [1.165, 1.54) is 38.1 Å². The topological polar surface area (TPSA) is 233 Å². The molecule has 0 aliphatic rings. The van der Waals surface area contributed by atoms with E-state index in [4.69, 9.17) is 29.5 Å². The van der Waals surface area contributed by atoms with E-state index in [1.807, 2.05) is 31.2 Å². The number of nitrogens with zero attached hydrogens (tertiary/aromatic N) is 5. The van der Waals surface area contributed by atoms with Gasteiger partial charge in [-0.05, 0) is 108 Å². The zero-order valence-electron chi connectivity index (χ0n) is 29.6. The van der Waals surface area contributed by atoms with Crippen LogP contribution in [0.25, 0.3) is 0 Å². The van der Waals surface area contributed by atoms with Gasteiger partial charge < -0.3 is 51.1 Å². The minimum atomic E-state index is -0.581. The van der Waals surface area contributed by atoms with Crippen LogP contribution >= 0.6 is 15.9 Å². The molecule has 16 nitrogen and oxygen atoms in total. The summed E-state index contributed by atoms with van der Waals surface area (Å²) in [4.78, 5) is 38.4. The first kappa shape index (κ1) is 51.8. The minimum absolute atomic E-state index is 0. The molecule has 0 saturated carbocycles. The van der Waals surface area contributed by atoms with Gasteiger partial charge in [0.2, 0.25) is 5.75 Å². The molecule has 0 unspecified atom stereocenters. The summed E-state index contributed by atoms with van der Waals surface area (Å²) in [7, 11) is 3.08. The fraction of sp³-hybridized carbons (Fsp3) is 0.226. The van der Waals surface area contributed by atoms with E-state index in [0.717, 1.165) is 18.4 Å². The van der Waals surface area contributed by atoms with Crippen LogP contribution in [0.5, 0.6) is 28.7 Å². The molecule has 2 aromatic carbocycles. The van der Waals surface area contributed by atoms with Crippen LogP contribution in [-0.2, 0) is 22.5 Å². The summed E-state index contributed by atoms with van der Waals surface area (Å²) in [6, 6.07) is 18.9. The normalized spacial score (nSPS) is 8.60. The molecule has 4 aromatic rings. The number of halogens is 1. The Bertz CT molecular complexity index is 1650. The number of phenols is 1. The molecule has 2 aromatic heterocycles. The third kappa shape index (κ3) is 20.3. The second kappa shape index (κ2) is 31.2. The largest absolute Gasteiger partial charge is 1.00 e. The number of aromatic hydroxyl groups is 1. The van der Waals surface area contributed by atoms with Gasteiger partial charge in [0.25, 0.3) is 6.47 Å². The summed E-state index contributed by atoms with van der Waals surface area (Å²) in [5, 5.41) is 46.0. The fourth-order valence-corrected chi connectivity index (χ4v) is 3.59. The molecule has 0 radical (unpaired) electrons. The molecule has 2 heterocycles. The molecule has 258 valence electrons. The number of aryl methyl sites for hydroxylation is 2. The molecule has 0 amide bonds. The second-order valence-electron chi connectivity index (χ2n) is 8.36. The van der Waals surface area contributed by atoms with Crippen molar-refractivity contribution < 1.29 is 148 Å². The van der Waals surface area contributed by atoms with Crippen LogP contribution in [0, 0.1) is 31.6 Å². The number of hydrogen-bond donors (Lipinski definition) is 1. The van der Waals surface area contributed by atoms with Gasteiger partial charge in [-0.1, -0.05) is 26.0 Å². The van der Waals surface area contributed by atoms with E-state index >= 15 is 0 Å². The van der Waals surface area contributed by atoms with Crippen molar-refractivity contribution in [2.45, 2.75) is 33.6 Å². The summed E-state index contributed by atoms with van der Waals surface area (Å²) in [5.41, 5.74) is 2.26. The molecule has 4 rings (SSSR count). The Hall–Kier alpha value is -2.59. The molecule has 0 aliphatic carbocycles. The average molecular weight is 811 g/mol. The number of rotatable bonds is 9. The van der Waals surface area contributed by atoms with Crippen molar-refractivity contribution in [1.82, 2.24) is 9.97 Å². The summed E-state index contributed by atoms with van der Waals surface area (Å²) >= 11 is 2.99. The van der Waals surface area contributed by atoms with Crippen LogP contribution in [0.15, 0.2) is 77.5 Å². The van der Waals surface area contributed by atoms with Gasteiger partial charge in [0.1, 0.15) is 16.9 Å². The Morgan fingerprint density at radius 1 is 0.860 bits per heavy atom. The van der Waals surface area contributed by atoms with Gasteiger partial charge >= 0.3 is 114 Å². The Morgan fingerprint density at radius 3 is 1.74 bits per heavy atom. The average Bonchev–Trinajstić information content (AvgIpc) is 3.10. The Morgan fingerprint density at radius 2 is 1.32 bits per heavy atom. The number of nitro groups is 2. The molecule has 0 aliphatic heterocycles. The standard InChI is InChI=1S/C14H14N2O4.C9H12O2.C5H3BrN2O2.C2H3N.CH2O3.2K.H/c1-3-10-6-7-11(13(9-10)19-2)20-12-5-4-8-15-14(12)16(17)18;1-3-7-4-5-8(10)9(6-7)11-2;6-4-2-1-3-7-5(4)8(9)10;1-2-3;2-1-4-3;;;/h4-9H,3H2,1-2H3;4-6,10H,3H2,1-2H3;1-3H;1H3;1,3H;;;/q;;;;;2*+1;-1/p-1. The fourth-order valence-electron chi connectivity index (χ4n) is 3.19. The van der Waals surface area contributed by atoms with Crippen molar-refractivity contribution in [1.29, 1.82) is 5.26 Å². The van der Waals surface area contributed by atoms with Crippen LogP contribution in [0.4, 0.5) is 11.6 Å². The number of hydrogen-bond acceptors (Lipinski definition) is 14. The van der Waals surface area contributed by atoms with E-state index in [2.05, 4.69) is 37.7 Å². The van der Waals surface area contributed by atoms with Crippen LogP contribution in [-0.4, -0.2) is 45.6 Å². The number of methoxy groups -OCH3 is 2. The van der Waals surface area contributed by atoms with Crippen molar-refractivity contribution in [2.75, 3.05) is 14.2 Å². The predicted octanol–water partition coefficient (Wildman–Crippen LogP) is 0.154. The van der Waals surface area contributed by atoms with Gasteiger partial charge in [-0.2, -0.15) is 5.26 Å². The third-order valence-electron chi connectivity index (χ3n) is 5.38. The van der Waals surface area contributed by atoms with Crippen LogP contribution in [0.2, 0.25) is 0 Å². The van der Waals surface area contributed by atoms with E-state index in [-0.39, 0.29) is 134 Å². The number of phenolic OH excluding ortho intramolecular Hbond substituents is 1. The predicted molar refractivity (Wildman–Crippen MR) is 176 cm³/mol. The minimum Gasteiger partial charge on any atom is -1.00 e. The molecule has 19 heteroatoms.